The number of carbonyl (C=O) groups is 2. The van der Waals surface area contributed by atoms with Gasteiger partial charge in [-0.15, -0.1) is 0 Å². The molecule has 162 valence electrons. The van der Waals surface area contributed by atoms with Gasteiger partial charge in [-0.2, -0.15) is 0 Å². The average molecular weight is 495 g/mol. The summed E-state index contributed by atoms with van der Waals surface area (Å²) in [6.07, 6.45) is 3.16. The zero-order valence-corrected chi connectivity index (χ0v) is 18.9. The summed E-state index contributed by atoms with van der Waals surface area (Å²) < 4.78 is 11.5. The smallest absolute Gasteiger partial charge is 0.300 e. The van der Waals surface area contributed by atoms with Crippen molar-refractivity contribution in [3.63, 3.8) is 0 Å². The van der Waals surface area contributed by atoms with E-state index >= 15 is 0 Å². The van der Waals surface area contributed by atoms with Gasteiger partial charge in [-0.05, 0) is 42.0 Å². The van der Waals surface area contributed by atoms with E-state index in [0.717, 1.165) is 4.47 Å². The van der Waals surface area contributed by atoms with Crippen LogP contribution in [-0.4, -0.2) is 36.0 Å². The molecule has 1 aliphatic rings. The summed E-state index contributed by atoms with van der Waals surface area (Å²) in [6.45, 7) is 0. The molecule has 7 nitrogen and oxygen atoms in total. The van der Waals surface area contributed by atoms with Crippen LogP contribution in [0.4, 0.5) is 5.69 Å². The highest BCUT2D eigenvalue weighted by Gasteiger charge is 2.47. The molecule has 1 aliphatic heterocycles. The molecular formula is C24H19BrN2O5. The van der Waals surface area contributed by atoms with Crippen LogP contribution in [0.5, 0.6) is 11.5 Å². The third-order valence-electron chi connectivity index (χ3n) is 5.20. The molecule has 1 amide bonds. The molecule has 32 heavy (non-hydrogen) atoms. The number of amides is 1. The lowest BCUT2D eigenvalue weighted by molar-refractivity contribution is -0.132. The van der Waals surface area contributed by atoms with E-state index in [1.165, 1.54) is 19.1 Å². The van der Waals surface area contributed by atoms with Crippen LogP contribution in [0, 0.1) is 0 Å². The fourth-order valence-electron chi connectivity index (χ4n) is 3.80. The van der Waals surface area contributed by atoms with Crippen LogP contribution in [0.1, 0.15) is 17.2 Å². The summed E-state index contributed by atoms with van der Waals surface area (Å²) in [5, 5.41) is 11.4. The van der Waals surface area contributed by atoms with Gasteiger partial charge >= 0.3 is 0 Å². The Morgan fingerprint density at radius 2 is 1.72 bits per heavy atom. The van der Waals surface area contributed by atoms with E-state index in [4.69, 9.17) is 9.47 Å². The summed E-state index contributed by atoms with van der Waals surface area (Å²) in [5.41, 5.74) is 1.19. The lowest BCUT2D eigenvalue weighted by atomic mass is 9.95. The SMILES string of the molecule is COc1cccc(OC)c1/C(O)=C1\C(=O)C(=O)N(c2cccc(Br)c2)C1c1cccnc1. The first-order valence-electron chi connectivity index (χ1n) is 9.65. The minimum Gasteiger partial charge on any atom is -0.506 e. The van der Waals surface area contributed by atoms with Gasteiger partial charge in [0.05, 0.1) is 25.8 Å². The van der Waals surface area contributed by atoms with Crippen molar-refractivity contribution >= 4 is 39.1 Å². The zero-order valence-electron chi connectivity index (χ0n) is 17.3. The van der Waals surface area contributed by atoms with E-state index in [2.05, 4.69) is 20.9 Å². The topological polar surface area (TPSA) is 89.0 Å². The fourth-order valence-corrected chi connectivity index (χ4v) is 4.18. The molecule has 2 heterocycles. The lowest BCUT2D eigenvalue weighted by Crippen LogP contribution is -2.29. The van der Waals surface area contributed by atoms with Crippen LogP contribution in [0.15, 0.2) is 77.0 Å². The predicted octanol–water partition coefficient (Wildman–Crippen LogP) is 4.49. The number of anilines is 1. The number of aromatic nitrogens is 1. The number of nitrogens with zero attached hydrogens (tertiary/aromatic N) is 2. The molecule has 1 saturated heterocycles. The Kier molecular flexibility index (Phi) is 5.96. The molecule has 1 atom stereocenters. The van der Waals surface area contributed by atoms with Gasteiger partial charge in [0.2, 0.25) is 0 Å². The van der Waals surface area contributed by atoms with Gasteiger partial charge in [0.15, 0.2) is 0 Å². The summed E-state index contributed by atoms with van der Waals surface area (Å²) >= 11 is 3.41. The minimum absolute atomic E-state index is 0.0780. The molecule has 0 saturated carbocycles. The number of hydrogen-bond donors (Lipinski definition) is 1. The highest BCUT2D eigenvalue weighted by Crippen LogP contribution is 2.45. The van der Waals surface area contributed by atoms with Crippen molar-refractivity contribution in [2.45, 2.75) is 6.04 Å². The molecule has 0 bridgehead atoms. The molecule has 0 aliphatic carbocycles. The molecule has 1 unspecified atom stereocenters. The second-order valence-corrected chi connectivity index (χ2v) is 7.89. The average Bonchev–Trinajstić information content (AvgIpc) is 3.09. The number of aliphatic hydroxyl groups excluding tert-OH is 1. The number of ether oxygens (including phenoxy) is 2. The van der Waals surface area contributed by atoms with E-state index in [-0.39, 0.29) is 16.9 Å². The third kappa shape index (κ3) is 3.62. The van der Waals surface area contributed by atoms with Gasteiger partial charge < -0.3 is 14.6 Å². The van der Waals surface area contributed by atoms with Crippen LogP contribution < -0.4 is 14.4 Å². The highest BCUT2D eigenvalue weighted by atomic mass is 79.9. The van der Waals surface area contributed by atoms with Gasteiger partial charge in [-0.1, -0.05) is 34.1 Å². The predicted molar refractivity (Wildman–Crippen MR) is 123 cm³/mol. The summed E-state index contributed by atoms with van der Waals surface area (Å²) in [7, 11) is 2.90. The Bertz CT molecular complexity index is 1200. The molecule has 1 aromatic heterocycles. The van der Waals surface area contributed by atoms with E-state index in [1.54, 1.807) is 60.9 Å². The van der Waals surface area contributed by atoms with Crippen molar-refractivity contribution in [2.75, 3.05) is 19.1 Å². The van der Waals surface area contributed by atoms with Crippen molar-refractivity contribution < 1.29 is 24.2 Å². The number of ketones is 1. The quantitative estimate of drug-likeness (QED) is 0.319. The second-order valence-electron chi connectivity index (χ2n) is 6.97. The van der Waals surface area contributed by atoms with Crippen LogP contribution in [-0.2, 0) is 9.59 Å². The molecular weight excluding hydrogens is 476 g/mol. The van der Waals surface area contributed by atoms with Gasteiger partial charge in [0, 0.05) is 22.6 Å². The number of Topliss-reactive ketones (excluding diaryl/α,β-unsaturated/α-hetero) is 1. The Morgan fingerprint density at radius 1 is 1.03 bits per heavy atom. The van der Waals surface area contributed by atoms with Crippen LogP contribution in [0.3, 0.4) is 0 Å². The fraction of sp³-hybridized carbons (Fsp3) is 0.125. The molecule has 1 N–H and O–H groups in total. The molecule has 4 rings (SSSR count). The molecule has 3 aromatic rings. The van der Waals surface area contributed by atoms with E-state index in [9.17, 15) is 14.7 Å². The number of rotatable bonds is 5. The summed E-state index contributed by atoms with van der Waals surface area (Å²) in [4.78, 5) is 31.9. The van der Waals surface area contributed by atoms with Crippen molar-refractivity contribution in [1.29, 1.82) is 0 Å². The number of halogens is 1. The Hall–Kier alpha value is -3.65. The first-order valence-corrected chi connectivity index (χ1v) is 10.4. The van der Waals surface area contributed by atoms with E-state index in [1.807, 2.05) is 6.07 Å². The van der Waals surface area contributed by atoms with Crippen molar-refractivity contribution in [3.05, 3.63) is 88.2 Å². The summed E-state index contributed by atoms with van der Waals surface area (Å²) in [5.74, 6) is -1.35. The highest BCUT2D eigenvalue weighted by molar-refractivity contribution is 9.10. The molecule has 2 aromatic carbocycles. The molecule has 0 radical (unpaired) electrons. The lowest BCUT2D eigenvalue weighted by Gasteiger charge is -2.25. The largest absolute Gasteiger partial charge is 0.506 e. The van der Waals surface area contributed by atoms with Gasteiger partial charge in [-0.25, -0.2) is 0 Å². The van der Waals surface area contributed by atoms with Gasteiger partial charge in [0.1, 0.15) is 22.8 Å². The Morgan fingerprint density at radius 3 is 2.31 bits per heavy atom. The third-order valence-corrected chi connectivity index (χ3v) is 5.69. The Labute approximate surface area is 193 Å². The zero-order chi connectivity index (χ0) is 22.8. The number of benzene rings is 2. The normalized spacial score (nSPS) is 17.5. The second kappa shape index (κ2) is 8.84. The van der Waals surface area contributed by atoms with Gasteiger partial charge in [-0.3, -0.25) is 19.5 Å². The first kappa shape index (κ1) is 21.6. The molecule has 8 heteroatoms. The van der Waals surface area contributed by atoms with E-state index in [0.29, 0.717) is 22.7 Å². The number of hydrogen-bond acceptors (Lipinski definition) is 6. The first-order chi connectivity index (χ1) is 15.5. The minimum atomic E-state index is -0.896. The van der Waals surface area contributed by atoms with Gasteiger partial charge in [0.25, 0.3) is 11.7 Å². The number of methoxy groups -OCH3 is 2. The van der Waals surface area contributed by atoms with Crippen LogP contribution in [0.2, 0.25) is 0 Å². The monoisotopic (exact) mass is 494 g/mol. The van der Waals surface area contributed by atoms with Crippen molar-refractivity contribution in [2.24, 2.45) is 0 Å². The maximum Gasteiger partial charge on any atom is 0.300 e. The molecule has 0 spiro atoms. The maximum absolute atomic E-state index is 13.2. The van der Waals surface area contributed by atoms with Crippen LogP contribution in [0.25, 0.3) is 5.76 Å². The standard InChI is InChI=1S/C24H19BrN2O5/c1-31-17-9-4-10-18(32-2)19(17)22(28)20-21(14-6-5-11-26-13-14)27(24(30)23(20)29)16-8-3-7-15(25)12-16/h3-13,21,28H,1-2H3/b22-20+. The summed E-state index contributed by atoms with van der Waals surface area (Å²) in [6, 6.07) is 14.6. The van der Waals surface area contributed by atoms with Crippen LogP contribution >= 0.6 is 15.9 Å². The van der Waals surface area contributed by atoms with Crippen molar-refractivity contribution in [1.82, 2.24) is 4.98 Å². The number of pyridine rings is 1. The number of carbonyl (C=O) groups excluding carboxylic acids is 2. The number of aliphatic hydroxyl groups is 1. The molecule has 1 fully saturated rings. The van der Waals surface area contributed by atoms with E-state index < -0.39 is 17.7 Å². The Balaban J connectivity index is 2.01. The maximum atomic E-state index is 13.2. The van der Waals surface area contributed by atoms with Crippen molar-refractivity contribution in [3.8, 4) is 11.5 Å².